The lowest BCUT2D eigenvalue weighted by Crippen LogP contribution is -2.38. The van der Waals surface area contributed by atoms with Crippen LogP contribution in [-0.4, -0.2) is 45.0 Å². The molecule has 7 nitrogen and oxygen atoms in total. The molecule has 0 bridgehead atoms. The second-order valence-electron chi connectivity index (χ2n) is 7.55. The highest BCUT2D eigenvalue weighted by Gasteiger charge is 2.37. The minimum atomic E-state index is -4.67. The lowest BCUT2D eigenvalue weighted by atomic mass is 9.96. The maximum Gasteiger partial charge on any atom is 0.445 e. The Morgan fingerprint density at radius 3 is 2.31 bits per heavy atom. The van der Waals surface area contributed by atoms with Gasteiger partial charge in [0.1, 0.15) is 5.69 Å². The first-order valence-electron chi connectivity index (χ1n) is 10.1. The quantitative estimate of drug-likeness (QED) is 0.458. The molecule has 35 heavy (non-hydrogen) atoms. The topological polar surface area (TPSA) is 88.1 Å². The van der Waals surface area contributed by atoms with Gasteiger partial charge in [-0.1, -0.05) is 23.5 Å². The van der Waals surface area contributed by atoms with E-state index in [9.17, 15) is 35.9 Å². The zero-order valence-electron chi connectivity index (χ0n) is 17.5. The van der Waals surface area contributed by atoms with E-state index in [0.717, 1.165) is 12.1 Å². The lowest BCUT2D eigenvalue weighted by Gasteiger charge is -2.31. The number of hydrogen-bond acceptors (Lipinski definition) is 7. The Bertz CT molecular complexity index is 1230. The Kier molecular flexibility index (Phi) is 6.81. The van der Waals surface area contributed by atoms with E-state index in [1.807, 2.05) is 0 Å². The molecule has 2 aromatic heterocycles. The van der Waals surface area contributed by atoms with Gasteiger partial charge in [-0.15, -0.1) is 21.5 Å². The van der Waals surface area contributed by atoms with Crippen molar-refractivity contribution in [3.63, 3.8) is 0 Å². The molecular formula is C20H15F6N5O2S2. The van der Waals surface area contributed by atoms with E-state index in [2.05, 4.69) is 20.5 Å². The summed E-state index contributed by atoms with van der Waals surface area (Å²) in [5.74, 6) is -1.57. The molecule has 0 unspecified atom stereocenters. The molecule has 1 fully saturated rings. The van der Waals surface area contributed by atoms with Gasteiger partial charge in [0, 0.05) is 24.4 Å². The molecule has 186 valence electrons. The van der Waals surface area contributed by atoms with Crippen LogP contribution in [-0.2, 0) is 12.4 Å². The standard InChI is InChI=1S/C20H15F6N5O2S2/c21-19(22,23)12-4-2-1-3-11(12)16(33)31-7-5-10(6-8-31)15-27-13(9-34-15)14(32)28-18-30-29-17(35-18)20(24,25)26/h1-4,9-10H,5-8H2,(H,28,30,32). The summed E-state index contributed by atoms with van der Waals surface area (Å²) < 4.78 is 77.6. The molecule has 1 aromatic carbocycles. The Labute approximate surface area is 201 Å². The fraction of sp³-hybridized carbons (Fsp3) is 0.350. The second-order valence-corrected chi connectivity index (χ2v) is 9.41. The van der Waals surface area contributed by atoms with Crippen LogP contribution in [0.4, 0.5) is 31.5 Å². The van der Waals surface area contributed by atoms with Crippen LogP contribution in [0, 0.1) is 0 Å². The third-order valence-electron chi connectivity index (χ3n) is 5.24. The van der Waals surface area contributed by atoms with Crippen molar-refractivity contribution in [2.24, 2.45) is 0 Å². The molecule has 15 heteroatoms. The van der Waals surface area contributed by atoms with Gasteiger partial charge >= 0.3 is 12.4 Å². The molecule has 0 saturated carbocycles. The molecule has 4 rings (SSSR count). The normalized spacial score (nSPS) is 15.3. The number of carbonyl (C=O) groups excluding carboxylic acids is 2. The van der Waals surface area contributed by atoms with Crippen LogP contribution in [0.15, 0.2) is 29.6 Å². The van der Waals surface area contributed by atoms with Crippen LogP contribution in [0.5, 0.6) is 0 Å². The molecule has 1 aliphatic rings. The highest BCUT2D eigenvalue weighted by atomic mass is 32.1. The molecule has 0 radical (unpaired) electrons. The molecule has 0 atom stereocenters. The largest absolute Gasteiger partial charge is 0.445 e. The van der Waals surface area contributed by atoms with Crippen LogP contribution in [0.3, 0.4) is 0 Å². The molecule has 2 amide bonds. The number of halogens is 6. The first kappa shape index (κ1) is 25.0. The average Bonchev–Trinajstić information content (AvgIpc) is 3.48. The summed E-state index contributed by atoms with van der Waals surface area (Å²) in [5.41, 5.74) is -1.40. The maximum atomic E-state index is 13.3. The number of benzene rings is 1. The lowest BCUT2D eigenvalue weighted by molar-refractivity contribution is -0.138. The van der Waals surface area contributed by atoms with E-state index in [-0.39, 0.29) is 41.2 Å². The van der Waals surface area contributed by atoms with Crippen molar-refractivity contribution in [3.05, 3.63) is 56.5 Å². The van der Waals surface area contributed by atoms with Crippen LogP contribution in [0.2, 0.25) is 0 Å². The maximum absolute atomic E-state index is 13.3. The van der Waals surface area contributed by atoms with Gasteiger partial charge in [0.15, 0.2) is 0 Å². The minimum absolute atomic E-state index is 0.00799. The number of carbonyl (C=O) groups is 2. The first-order chi connectivity index (χ1) is 16.4. The highest BCUT2D eigenvalue weighted by molar-refractivity contribution is 7.15. The third kappa shape index (κ3) is 5.61. The van der Waals surface area contributed by atoms with Gasteiger partial charge in [0.2, 0.25) is 10.1 Å². The number of anilines is 1. The van der Waals surface area contributed by atoms with Crippen LogP contribution in [0.25, 0.3) is 0 Å². The zero-order valence-corrected chi connectivity index (χ0v) is 19.1. The van der Waals surface area contributed by atoms with E-state index in [0.29, 0.717) is 17.8 Å². The van der Waals surface area contributed by atoms with Crippen molar-refractivity contribution in [2.45, 2.75) is 31.1 Å². The van der Waals surface area contributed by atoms with Crippen molar-refractivity contribution in [2.75, 3.05) is 18.4 Å². The van der Waals surface area contributed by atoms with Crippen molar-refractivity contribution >= 4 is 39.6 Å². The molecule has 0 spiro atoms. The number of aromatic nitrogens is 3. The summed E-state index contributed by atoms with van der Waals surface area (Å²) in [6, 6.07) is 4.62. The Morgan fingerprint density at radius 2 is 1.69 bits per heavy atom. The van der Waals surface area contributed by atoms with Crippen molar-refractivity contribution in [1.29, 1.82) is 0 Å². The summed E-state index contributed by atoms with van der Waals surface area (Å²) in [7, 11) is 0. The third-order valence-corrected chi connectivity index (χ3v) is 7.13. The molecule has 1 aliphatic heterocycles. The van der Waals surface area contributed by atoms with E-state index < -0.39 is 40.3 Å². The van der Waals surface area contributed by atoms with Gasteiger partial charge in [0.05, 0.1) is 16.1 Å². The molecule has 1 saturated heterocycles. The van der Waals surface area contributed by atoms with E-state index in [1.54, 1.807) is 0 Å². The van der Waals surface area contributed by atoms with Gasteiger partial charge < -0.3 is 4.90 Å². The number of alkyl halides is 6. The highest BCUT2D eigenvalue weighted by Crippen LogP contribution is 2.35. The number of hydrogen-bond donors (Lipinski definition) is 1. The number of rotatable bonds is 4. The van der Waals surface area contributed by atoms with Gasteiger partial charge in [-0.3, -0.25) is 14.9 Å². The second kappa shape index (κ2) is 9.53. The number of nitrogens with one attached hydrogen (secondary N) is 1. The van der Waals surface area contributed by atoms with Gasteiger partial charge in [-0.05, 0) is 25.0 Å². The number of amides is 2. The van der Waals surface area contributed by atoms with Crippen LogP contribution in [0.1, 0.15) is 55.2 Å². The molecular weight excluding hydrogens is 520 g/mol. The van der Waals surface area contributed by atoms with Crippen molar-refractivity contribution < 1.29 is 35.9 Å². The van der Waals surface area contributed by atoms with Crippen LogP contribution < -0.4 is 5.32 Å². The number of thiazole rings is 1. The van der Waals surface area contributed by atoms with E-state index in [4.69, 9.17) is 0 Å². The Balaban J connectivity index is 1.37. The van der Waals surface area contributed by atoms with Gasteiger partial charge in [0.25, 0.3) is 11.8 Å². The van der Waals surface area contributed by atoms with Gasteiger partial charge in [-0.25, -0.2) is 4.98 Å². The molecule has 3 aromatic rings. The Morgan fingerprint density at radius 1 is 1.00 bits per heavy atom. The predicted molar refractivity (Wildman–Crippen MR) is 114 cm³/mol. The monoisotopic (exact) mass is 535 g/mol. The SMILES string of the molecule is O=C(Nc1nnc(C(F)(F)F)s1)c1csc(C2CCN(C(=O)c3ccccc3C(F)(F)F)CC2)n1. The van der Waals surface area contributed by atoms with Gasteiger partial charge in [-0.2, -0.15) is 26.3 Å². The average molecular weight is 535 g/mol. The van der Waals surface area contributed by atoms with Crippen LogP contribution >= 0.6 is 22.7 Å². The smallest absolute Gasteiger partial charge is 0.339 e. The van der Waals surface area contributed by atoms with Crippen molar-refractivity contribution in [1.82, 2.24) is 20.1 Å². The molecule has 3 heterocycles. The predicted octanol–water partition coefficient (Wildman–Crippen LogP) is 5.30. The minimum Gasteiger partial charge on any atom is -0.339 e. The molecule has 0 aliphatic carbocycles. The summed E-state index contributed by atoms with van der Waals surface area (Å²) in [4.78, 5) is 30.7. The Hall–Kier alpha value is -3.07. The van der Waals surface area contributed by atoms with E-state index >= 15 is 0 Å². The first-order valence-corrected chi connectivity index (χ1v) is 11.8. The number of likely N-dealkylation sites (tertiary alicyclic amines) is 1. The fourth-order valence-electron chi connectivity index (χ4n) is 3.55. The number of nitrogens with zero attached hydrogens (tertiary/aromatic N) is 4. The fourth-order valence-corrected chi connectivity index (χ4v) is 5.12. The molecule has 1 N–H and O–H groups in total. The van der Waals surface area contributed by atoms with Crippen molar-refractivity contribution in [3.8, 4) is 0 Å². The summed E-state index contributed by atoms with van der Waals surface area (Å²) in [6.45, 7) is 0.420. The summed E-state index contributed by atoms with van der Waals surface area (Å²) in [5, 5.41) is 9.06. The van der Waals surface area contributed by atoms with E-state index in [1.165, 1.54) is 33.7 Å². The summed E-state index contributed by atoms with van der Waals surface area (Å²) in [6.07, 6.45) is -8.45. The zero-order chi connectivity index (χ0) is 25.4. The number of piperidine rings is 1. The summed E-state index contributed by atoms with van der Waals surface area (Å²) >= 11 is 1.37.